The zero-order valence-electron chi connectivity index (χ0n) is 10.6. The van der Waals surface area contributed by atoms with E-state index in [1.54, 1.807) is 14.2 Å². The average molecular weight is 318 g/mol. The molecular formula is C12H16BrNO4. The number of hydrogen-bond acceptors (Lipinski definition) is 4. The van der Waals surface area contributed by atoms with Crippen molar-refractivity contribution in [1.82, 2.24) is 5.32 Å². The zero-order chi connectivity index (χ0) is 13.5. The Labute approximate surface area is 115 Å². The van der Waals surface area contributed by atoms with Crippen molar-refractivity contribution in [3.8, 4) is 11.5 Å². The maximum Gasteiger partial charge on any atom is 0.406 e. The van der Waals surface area contributed by atoms with Crippen molar-refractivity contribution in [3.05, 3.63) is 22.2 Å². The van der Waals surface area contributed by atoms with Crippen LogP contribution in [0.4, 0.5) is 4.79 Å². The van der Waals surface area contributed by atoms with E-state index in [-0.39, 0.29) is 0 Å². The number of amides is 1. The van der Waals surface area contributed by atoms with Crippen LogP contribution in [-0.2, 0) is 11.2 Å². The summed E-state index contributed by atoms with van der Waals surface area (Å²) in [6, 6.07) is 3.72. The third-order valence-electron chi connectivity index (χ3n) is 2.40. The van der Waals surface area contributed by atoms with Gasteiger partial charge in [0.1, 0.15) is 0 Å². The molecule has 0 fully saturated rings. The van der Waals surface area contributed by atoms with Crippen LogP contribution in [0.3, 0.4) is 0 Å². The van der Waals surface area contributed by atoms with Crippen molar-refractivity contribution in [2.24, 2.45) is 0 Å². The first-order valence-corrected chi connectivity index (χ1v) is 6.14. The Balaban J connectivity index is 2.73. The van der Waals surface area contributed by atoms with Gasteiger partial charge in [0.05, 0.1) is 21.3 Å². The topological polar surface area (TPSA) is 56.8 Å². The maximum absolute atomic E-state index is 10.9. The van der Waals surface area contributed by atoms with Gasteiger partial charge in [-0.2, -0.15) is 0 Å². The molecule has 0 unspecified atom stereocenters. The summed E-state index contributed by atoms with van der Waals surface area (Å²) < 4.78 is 15.8. The highest BCUT2D eigenvalue weighted by molar-refractivity contribution is 9.10. The van der Waals surface area contributed by atoms with Crippen LogP contribution in [0.15, 0.2) is 16.6 Å². The molecule has 0 radical (unpaired) electrons. The minimum Gasteiger partial charge on any atom is -0.493 e. The number of carbonyl (C=O) groups is 1. The fourth-order valence-corrected chi connectivity index (χ4v) is 1.98. The molecule has 0 bridgehead atoms. The first-order valence-electron chi connectivity index (χ1n) is 5.34. The van der Waals surface area contributed by atoms with Crippen LogP contribution in [0.2, 0.25) is 0 Å². The number of alkyl carbamates (subject to hydrolysis) is 1. The molecule has 5 nitrogen and oxygen atoms in total. The molecule has 0 aliphatic rings. The van der Waals surface area contributed by atoms with Gasteiger partial charge in [-0.1, -0.05) is 15.9 Å². The largest absolute Gasteiger partial charge is 0.493 e. The second kappa shape index (κ2) is 7.10. The summed E-state index contributed by atoms with van der Waals surface area (Å²) in [5.41, 5.74) is 1.02. The Bertz CT molecular complexity index is 423. The number of benzene rings is 1. The van der Waals surface area contributed by atoms with Crippen LogP contribution in [0.1, 0.15) is 5.56 Å². The van der Waals surface area contributed by atoms with E-state index in [9.17, 15) is 4.79 Å². The molecule has 0 saturated heterocycles. The van der Waals surface area contributed by atoms with Crippen LogP contribution < -0.4 is 14.8 Å². The molecule has 0 heterocycles. The second-order valence-corrected chi connectivity index (χ2v) is 4.32. The summed E-state index contributed by atoms with van der Waals surface area (Å²) in [5.74, 6) is 1.32. The summed E-state index contributed by atoms with van der Waals surface area (Å²) in [5, 5.41) is 2.62. The van der Waals surface area contributed by atoms with Gasteiger partial charge in [0.15, 0.2) is 11.5 Å². The first-order chi connectivity index (χ1) is 8.62. The molecule has 0 atom stereocenters. The summed E-state index contributed by atoms with van der Waals surface area (Å²) in [4.78, 5) is 10.9. The van der Waals surface area contributed by atoms with Gasteiger partial charge in [-0.15, -0.1) is 0 Å². The second-order valence-electron chi connectivity index (χ2n) is 3.47. The van der Waals surface area contributed by atoms with Gasteiger partial charge in [0, 0.05) is 11.0 Å². The number of rotatable bonds is 5. The maximum atomic E-state index is 10.9. The normalized spacial score (nSPS) is 9.78. The predicted octanol–water partition coefficient (Wildman–Crippen LogP) is 2.36. The minimum atomic E-state index is -0.438. The van der Waals surface area contributed by atoms with E-state index in [0.29, 0.717) is 24.5 Å². The molecule has 18 heavy (non-hydrogen) atoms. The van der Waals surface area contributed by atoms with Gasteiger partial charge in [-0.3, -0.25) is 0 Å². The number of hydrogen-bond donors (Lipinski definition) is 1. The van der Waals surface area contributed by atoms with Crippen molar-refractivity contribution >= 4 is 22.0 Å². The number of methoxy groups -OCH3 is 3. The van der Waals surface area contributed by atoms with Crippen molar-refractivity contribution < 1.29 is 19.0 Å². The molecule has 1 rings (SSSR count). The smallest absolute Gasteiger partial charge is 0.406 e. The lowest BCUT2D eigenvalue weighted by atomic mass is 10.1. The van der Waals surface area contributed by atoms with E-state index in [0.717, 1.165) is 10.0 Å². The highest BCUT2D eigenvalue weighted by Crippen LogP contribution is 2.33. The molecule has 100 valence electrons. The van der Waals surface area contributed by atoms with Crippen molar-refractivity contribution in [1.29, 1.82) is 0 Å². The lowest BCUT2D eigenvalue weighted by Gasteiger charge is -2.12. The quantitative estimate of drug-likeness (QED) is 0.905. The van der Waals surface area contributed by atoms with E-state index < -0.39 is 6.09 Å². The van der Waals surface area contributed by atoms with Gasteiger partial charge in [0.2, 0.25) is 0 Å². The molecule has 0 aromatic heterocycles. The molecule has 0 aliphatic carbocycles. The molecule has 1 aromatic rings. The number of ether oxygens (including phenoxy) is 3. The van der Waals surface area contributed by atoms with E-state index in [1.807, 2.05) is 12.1 Å². The van der Waals surface area contributed by atoms with Gasteiger partial charge in [-0.05, 0) is 24.1 Å². The van der Waals surface area contributed by atoms with E-state index in [4.69, 9.17) is 9.47 Å². The summed E-state index contributed by atoms with van der Waals surface area (Å²) in [7, 11) is 4.51. The Morgan fingerprint density at radius 1 is 1.22 bits per heavy atom. The van der Waals surface area contributed by atoms with E-state index in [1.165, 1.54) is 7.11 Å². The van der Waals surface area contributed by atoms with E-state index >= 15 is 0 Å². The SMILES string of the molecule is COC(=O)NCCc1cc(OC)c(OC)cc1Br. The summed E-state index contributed by atoms with van der Waals surface area (Å²) >= 11 is 3.46. The van der Waals surface area contributed by atoms with Crippen molar-refractivity contribution in [3.63, 3.8) is 0 Å². The molecule has 0 spiro atoms. The number of nitrogens with one attached hydrogen (secondary N) is 1. The fourth-order valence-electron chi connectivity index (χ4n) is 1.46. The van der Waals surface area contributed by atoms with Crippen LogP contribution >= 0.6 is 15.9 Å². The van der Waals surface area contributed by atoms with Gasteiger partial charge in [0.25, 0.3) is 0 Å². The Morgan fingerprint density at radius 3 is 2.39 bits per heavy atom. The third kappa shape index (κ3) is 3.80. The minimum absolute atomic E-state index is 0.438. The molecule has 6 heteroatoms. The highest BCUT2D eigenvalue weighted by Gasteiger charge is 2.09. The lowest BCUT2D eigenvalue weighted by molar-refractivity contribution is 0.171. The molecule has 1 N–H and O–H groups in total. The first kappa shape index (κ1) is 14.6. The predicted molar refractivity (Wildman–Crippen MR) is 71.4 cm³/mol. The molecule has 0 saturated carbocycles. The van der Waals surface area contributed by atoms with Crippen LogP contribution in [-0.4, -0.2) is 34.0 Å². The van der Waals surface area contributed by atoms with Crippen LogP contribution in [0.5, 0.6) is 11.5 Å². The Kier molecular flexibility index (Phi) is 5.77. The number of carbonyl (C=O) groups excluding carboxylic acids is 1. The van der Waals surface area contributed by atoms with Gasteiger partial charge in [-0.25, -0.2) is 4.79 Å². The fraction of sp³-hybridized carbons (Fsp3) is 0.417. The molecule has 0 aliphatic heterocycles. The lowest BCUT2D eigenvalue weighted by Crippen LogP contribution is -2.25. The average Bonchev–Trinajstić information content (AvgIpc) is 2.39. The Hall–Kier alpha value is -1.43. The number of halogens is 1. The van der Waals surface area contributed by atoms with Crippen LogP contribution in [0, 0.1) is 0 Å². The van der Waals surface area contributed by atoms with Gasteiger partial charge >= 0.3 is 6.09 Å². The molecule has 1 amide bonds. The molecule has 1 aromatic carbocycles. The Morgan fingerprint density at radius 2 is 1.83 bits per heavy atom. The van der Waals surface area contributed by atoms with Crippen molar-refractivity contribution in [2.75, 3.05) is 27.9 Å². The summed E-state index contributed by atoms with van der Waals surface area (Å²) in [6.45, 7) is 0.487. The summed E-state index contributed by atoms with van der Waals surface area (Å²) in [6.07, 6.45) is 0.224. The highest BCUT2D eigenvalue weighted by atomic mass is 79.9. The molecular weight excluding hydrogens is 302 g/mol. The van der Waals surface area contributed by atoms with E-state index in [2.05, 4.69) is 26.0 Å². The monoisotopic (exact) mass is 317 g/mol. The van der Waals surface area contributed by atoms with Crippen LogP contribution in [0.25, 0.3) is 0 Å². The standard InChI is InChI=1S/C12H16BrNO4/c1-16-10-6-8(4-5-14-12(15)18-3)9(13)7-11(10)17-2/h6-7H,4-5H2,1-3H3,(H,14,15). The van der Waals surface area contributed by atoms with Gasteiger partial charge < -0.3 is 19.5 Å². The van der Waals surface area contributed by atoms with Crippen molar-refractivity contribution in [2.45, 2.75) is 6.42 Å². The third-order valence-corrected chi connectivity index (χ3v) is 3.14. The zero-order valence-corrected chi connectivity index (χ0v) is 12.2.